The summed E-state index contributed by atoms with van der Waals surface area (Å²) < 4.78 is 0. The molecule has 0 aromatic heterocycles. The highest BCUT2D eigenvalue weighted by Gasteiger charge is 2.28. The van der Waals surface area contributed by atoms with Crippen LogP contribution in [-0.4, -0.2) is 22.5 Å². The fraction of sp³-hybridized carbons (Fsp3) is 0.227. The van der Waals surface area contributed by atoms with Crippen molar-refractivity contribution in [3.63, 3.8) is 0 Å². The molecule has 0 spiro atoms. The Bertz CT molecular complexity index is 949. The first-order valence-corrected chi connectivity index (χ1v) is 10.0. The highest BCUT2D eigenvalue weighted by atomic mass is 32.2. The average molecular weight is 391 g/mol. The van der Waals surface area contributed by atoms with Crippen molar-refractivity contribution in [2.75, 3.05) is 11.1 Å². The van der Waals surface area contributed by atoms with E-state index < -0.39 is 0 Å². The molecule has 1 atom stereocenters. The van der Waals surface area contributed by atoms with Gasteiger partial charge in [-0.25, -0.2) is 0 Å². The molecule has 5 nitrogen and oxygen atoms in total. The number of amides is 2. The molecular weight excluding hydrogens is 370 g/mol. The van der Waals surface area contributed by atoms with Crippen molar-refractivity contribution >= 4 is 35.3 Å². The Morgan fingerprint density at radius 2 is 1.93 bits per heavy atom. The normalized spacial score (nSPS) is 14.9. The van der Waals surface area contributed by atoms with Crippen LogP contribution in [0.5, 0.6) is 0 Å². The summed E-state index contributed by atoms with van der Waals surface area (Å²) in [6, 6.07) is 17.1. The number of para-hydroxylation sites is 1. The van der Waals surface area contributed by atoms with Gasteiger partial charge in [-0.1, -0.05) is 36.4 Å². The first kappa shape index (κ1) is 19.7. The zero-order chi connectivity index (χ0) is 19.9. The molecule has 0 saturated heterocycles. The lowest BCUT2D eigenvalue weighted by molar-refractivity contribution is -0.129. The Labute approximate surface area is 169 Å². The van der Waals surface area contributed by atoms with Gasteiger partial charge >= 0.3 is 0 Å². The van der Waals surface area contributed by atoms with Crippen molar-refractivity contribution in [2.24, 2.45) is 0 Å². The topological polar surface area (TPSA) is 73.2 Å². The van der Waals surface area contributed by atoms with Crippen molar-refractivity contribution in [3.05, 3.63) is 65.9 Å². The van der Waals surface area contributed by atoms with E-state index in [2.05, 4.69) is 11.4 Å². The Morgan fingerprint density at radius 3 is 2.71 bits per heavy atom. The van der Waals surface area contributed by atoms with Gasteiger partial charge in [-0.15, -0.1) is 11.8 Å². The van der Waals surface area contributed by atoms with E-state index in [9.17, 15) is 9.59 Å². The van der Waals surface area contributed by atoms with E-state index >= 15 is 0 Å². The van der Waals surface area contributed by atoms with Crippen LogP contribution in [0.2, 0.25) is 0 Å². The maximum atomic E-state index is 12.8. The monoisotopic (exact) mass is 391 g/mol. The quantitative estimate of drug-likeness (QED) is 0.577. The predicted molar refractivity (Wildman–Crippen MR) is 111 cm³/mol. The Kier molecular flexibility index (Phi) is 6.51. The van der Waals surface area contributed by atoms with Crippen LogP contribution in [0.25, 0.3) is 6.08 Å². The van der Waals surface area contributed by atoms with Crippen LogP contribution in [0.15, 0.2) is 59.6 Å². The molecule has 0 saturated carbocycles. The summed E-state index contributed by atoms with van der Waals surface area (Å²) in [4.78, 5) is 27.4. The second-order valence-corrected chi connectivity index (χ2v) is 7.53. The number of fused-ring (bicyclic) bond motifs is 1. The average Bonchev–Trinajstić information content (AvgIpc) is 2.69. The maximum Gasteiger partial charge on any atom is 0.226 e. The summed E-state index contributed by atoms with van der Waals surface area (Å²) in [6.07, 6.45) is 4.25. The zero-order valence-corrected chi connectivity index (χ0v) is 16.4. The summed E-state index contributed by atoms with van der Waals surface area (Å²) in [5.41, 5.74) is 2.71. The van der Waals surface area contributed by atoms with Crippen LogP contribution in [0.1, 0.15) is 36.9 Å². The Balaban J connectivity index is 1.76. The molecule has 0 aliphatic carbocycles. The highest BCUT2D eigenvalue weighted by molar-refractivity contribution is 7.99. The van der Waals surface area contributed by atoms with Crippen LogP contribution >= 0.6 is 11.8 Å². The lowest BCUT2D eigenvalue weighted by atomic mass is 9.93. The molecule has 0 radical (unpaired) electrons. The molecule has 1 unspecified atom stereocenters. The van der Waals surface area contributed by atoms with Gasteiger partial charge in [0.05, 0.1) is 24.2 Å². The second-order valence-electron chi connectivity index (χ2n) is 6.39. The molecule has 0 bridgehead atoms. The molecule has 28 heavy (non-hydrogen) atoms. The van der Waals surface area contributed by atoms with Crippen molar-refractivity contribution in [2.45, 2.75) is 30.7 Å². The number of carbonyl (C=O) groups excluding carboxylic acids is 2. The Hall–Kier alpha value is -3.04. The van der Waals surface area contributed by atoms with E-state index in [1.807, 2.05) is 54.6 Å². The summed E-state index contributed by atoms with van der Waals surface area (Å²) in [5.74, 6) is 0.410. The highest BCUT2D eigenvalue weighted by Crippen LogP contribution is 2.34. The number of anilines is 1. The zero-order valence-electron chi connectivity index (χ0n) is 15.6. The van der Waals surface area contributed by atoms with Crippen molar-refractivity contribution in [1.29, 1.82) is 5.26 Å². The van der Waals surface area contributed by atoms with Gasteiger partial charge in [0.1, 0.15) is 0 Å². The summed E-state index contributed by atoms with van der Waals surface area (Å²) >= 11 is 1.54. The lowest BCUT2D eigenvalue weighted by Gasteiger charge is -2.32. The molecule has 1 aliphatic rings. The number of thioether (sulfide) groups is 1. The van der Waals surface area contributed by atoms with Gasteiger partial charge in [0.15, 0.2) is 0 Å². The van der Waals surface area contributed by atoms with Gasteiger partial charge in [0.2, 0.25) is 11.8 Å². The lowest BCUT2D eigenvalue weighted by Crippen LogP contribution is -2.33. The molecule has 2 amide bonds. The van der Waals surface area contributed by atoms with E-state index in [1.165, 1.54) is 6.92 Å². The smallest absolute Gasteiger partial charge is 0.226 e. The van der Waals surface area contributed by atoms with Crippen LogP contribution in [0.4, 0.5) is 5.69 Å². The minimum absolute atomic E-state index is 0.101. The first-order chi connectivity index (χ1) is 13.6. The molecule has 0 fully saturated rings. The minimum Gasteiger partial charge on any atom is -0.325 e. The van der Waals surface area contributed by atoms with Crippen molar-refractivity contribution < 1.29 is 9.59 Å². The van der Waals surface area contributed by atoms with E-state index in [0.717, 1.165) is 21.7 Å². The fourth-order valence-electron chi connectivity index (χ4n) is 3.19. The molecule has 3 rings (SSSR count). The number of benzene rings is 2. The van der Waals surface area contributed by atoms with Crippen molar-refractivity contribution in [3.8, 4) is 6.07 Å². The van der Waals surface area contributed by atoms with Gasteiger partial charge < -0.3 is 10.2 Å². The second kappa shape index (κ2) is 9.25. The molecule has 1 heterocycles. The molecule has 1 aliphatic heterocycles. The van der Waals surface area contributed by atoms with Gasteiger partial charge in [-0.2, -0.15) is 5.26 Å². The predicted octanol–water partition coefficient (Wildman–Crippen LogP) is 4.60. The number of hydrogen-bond donors (Lipinski definition) is 1. The number of nitrogens with one attached hydrogen (secondary N) is 1. The van der Waals surface area contributed by atoms with E-state index in [4.69, 9.17) is 5.26 Å². The number of rotatable bonds is 6. The third kappa shape index (κ3) is 4.62. The fourth-order valence-corrected chi connectivity index (χ4v) is 4.06. The number of nitriles is 1. The summed E-state index contributed by atoms with van der Waals surface area (Å²) in [7, 11) is 0. The number of nitrogens with zero attached hydrogens (tertiary/aromatic N) is 2. The third-order valence-corrected chi connectivity index (χ3v) is 5.56. The summed E-state index contributed by atoms with van der Waals surface area (Å²) in [6.45, 7) is 1.50. The van der Waals surface area contributed by atoms with Gasteiger partial charge in [-0.05, 0) is 29.3 Å². The van der Waals surface area contributed by atoms with Crippen LogP contribution in [0, 0.1) is 11.3 Å². The first-order valence-electron chi connectivity index (χ1n) is 9.05. The molecule has 1 N–H and O–H groups in total. The Morgan fingerprint density at radius 1 is 1.18 bits per heavy atom. The SMILES string of the molecule is CC(=O)N1C=Cc2ccccc2C1CC(=O)Nc1ccccc1SCCC#N. The number of carbonyl (C=O) groups is 2. The minimum atomic E-state index is -0.336. The van der Waals surface area contributed by atoms with Gasteiger partial charge in [-0.3, -0.25) is 9.59 Å². The number of hydrogen-bond acceptors (Lipinski definition) is 4. The molecule has 2 aromatic carbocycles. The molecular formula is C22H21N3O2S. The standard InChI is InChI=1S/C22H21N3O2S/c1-16(26)25-13-11-17-7-2-3-8-18(17)20(25)15-22(27)24-19-9-4-5-10-21(19)28-14-6-12-23/h2-5,7-11,13,20H,6,14-15H2,1H3,(H,24,27). The molecule has 142 valence electrons. The van der Waals surface area contributed by atoms with Crippen LogP contribution < -0.4 is 5.32 Å². The molecule has 2 aromatic rings. The summed E-state index contributed by atoms with van der Waals surface area (Å²) in [5, 5.41) is 11.7. The third-order valence-electron chi connectivity index (χ3n) is 4.48. The van der Waals surface area contributed by atoms with E-state index in [1.54, 1.807) is 22.9 Å². The van der Waals surface area contributed by atoms with Crippen LogP contribution in [-0.2, 0) is 9.59 Å². The van der Waals surface area contributed by atoms with Crippen LogP contribution in [0.3, 0.4) is 0 Å². The maximum absolute atomic E-state index is 12.8. The van der Waals surface area contributed by atoms with E-state index in [-0.39, 0.29) is 24.3 Å². The van der Waals surface area contributed by atoms with E-state index in [0.29, 0.717) is 12.2 Å². The van der Waals surface area contributed by atoms with Crippen molar-refractivity contribution in [1.82, 2.24) is 4.90 Å². The van der Waals surface area contributed by atoms with Gasteiger partial charge in [0, 0.05) is 30.2 Å². The molecule has 6 heteroatoms. The largest absolute Gasteiger partial charge is 0.325 e. The van der Waals surface area contributed by atoms with Gasteiger partial charge in [0.25, 0.3) is 0 Å².